The summed E-state index contributed by atoms with van der Waals surface area (Å²) in [5.74, 6) is 1.63. The van der Waals surface area contributed by atoms with E-state index in [1.165, 1.54) is 5.56 Å². The highest BCUT2D eigenvalue weighted by molar-refractivity contribution is 5.79. The number of hydrogen-bond donors (Lipinski definition) is 3. The number of rotatable bonds is 8. The molecule has 32 heavy (non-hydrogen) atoms. The van der Waals surface area contributed by atoms with Gasteiger partial charge >= 0.3 is 0 Å². The number of methoxy groups -OCH3 is 1. The highest BCUT2D eigenvalue weighted by Gasteiger charge is 2.20. The Hall–Kier alpha value is -3.45. The lowest BCUT2D eigenvalue weighted by atomic mass is 9.99. The van der Waals surface area contributed by atoms with E-state index < -0.39 is 0 Å². The molecular weight excluding hydrogens is 402 g/mol. The Morgan fingerprint density at radius 3 is 2.47 bits per heavy atom. The van der Waals surface area contributed by atoms with Crippen molar-refractivity contribution in [2.75, 3.05) is 32.1 Å². The van der Waals surface area contributed by atoms with Crippen LogP contribution in [0.1, 0.15) is 18.4 Å². The number of anilines is 2. The van der Waals surface area contributed by atoms with E-state index in [0.717, 1.165) is 54.9 Å². The van der Waals surface area contributed by atoms with Crippen LogP contribution in [0.15, 0.2) is 60.9 Å². The molecule has 0 aliphatic carbocycles. The lowest BCUT2D eigenvalue weighted by Crippen LogP contribution is -2.41. The van der Waals surface area contributed by atoms with E-state index in [0.29, 0.717) is 12.5 Å². The average molecular weight is 432 g/mol. The number of nitrogens with one attached hydrogen (secondary N) is 3. The van der Waals surface area contributed by atoms with Gasteiger partial charge in [-0.05, 0) is 61.2 Å². The smallest absolute Gasteiger partial charge is 0.227 e. The van der Waals surface area contributed by atoms with Crippen LogP contribution in [0, 0.1) is 5.92 Å². The Balaban J connectivity index is 1.26. The van der Waals surface area contributed by atoms with Crippen LogP contribution < -0.4 is 20.7 Å². The molecule has 1 saturated heterocycles. The Morgan fingerprint density at radius 2 is 1.81 bits per heavy atom. The van der Waals surface area contributed by atoms with Gasteiger partial charge in [0.15, 0.2) is 0 Å². The van der Waals surface area contributed by atoms with E-state index in [-0.39, 0.29) is 11.8 Å². The largest absolute Gasteiger partial charge is 0.497 e. The molecule has 2 aromatic carbocycles. The minimum Gasteiger partial charge on any atom is -0.497 e. The SMILES string of the molecule is COc1ccc(-c2cnc(Nc3ccc(CCNC(=O)C4CCCNC4)cc3)nc2)cc1. The summed E-state index contributed by atoms with van der Waals surface area (Å²) in [4.78, 5) is 21.1. The number of ether oxygens (including phenoxy) is 1. The molecule has 3 aromatic rings. The number of aromatic nitrogens is 2. The number of carbonyl (C=O) groups is 1. The molecule has 166 valence electrons. The lowest BCUT2D eigenvalue weighted by molar-refractivity contribution is -0.125. The molecule has 4 rings (SSSR count). The molecule has 1 unspecified atom stereocenters. The third-order valence-electron chi connectivity index (χ3n) is 5.67. The number of benzene rings is 2. The van der Waals surface area contributed by atoms with Crippen LogP contribution in [0.3, 0.4) is 0 Å². The van der Waals surface area contributed by atoms with Crippen LogP contribution in [-0.2, 0) is 11.2 Å². The second-order valence-electron chi connectivity index (χ2n) is 7.93. The highest BCUT2D eigenvalue weighted by atomic mass is 16.5. The summed E-state index contributed by atoms with van der Waals surface area (Å²) < 4.78 is 5.19. The number of nitrogens with zero attached hydrogens (tertiary/aromatic N) is 2. The van der Waals surface area contributed by atoms with Gasteiger partial charge in [-0.3, -0.25) is 4.79 Å². The maximum absolute atomic E-state index is 12.2. The zero-order valence-corrected chi connectivity index (χ0v) is 18.3. The quantitative estimate of drug-likeness (QED) is 0.506. The number of carbonyl (C=O) groups excluding carboxylic acids is 1. The van der Waals surface area contributed by atoms with Crippen molar-refractivity contribution in [2.24, 2.45) is 5.92 Å². The van der Waals surface area contributed by atoms with Gasteiger partial charge in [-0.15, -0.1) is 0 Å². The maximum Gasteiger partial charge on any atom is 0.227 e. The zero-order chi connectivity index (χ0) is 22.2. The number of piperidine rings is 1. The van der Waals surface area contributed by atoms with Crippen molar-refractivity contribution in [1.82, 2.24) is 20.6 Å². The maximum atomic E-state index is 12.2. The summed E-state index contributed by atoms with van der Waals surface area (Å²) in [6.07, 6.45) is 6.45. The molecule has 1 aliphatic heterocycles. The highest BCUT2D eigenvalue weighted by Crippen LogP contribution is 2.22. The zero-order valence-electron chi connectivity index (χ0n) is 18.3. The van der Waals surface area contributed by atoms with Gasteiger partial charge in [0.2, 0.25) is 11.9 Å². The predicted molar refractivity (Wildman–Crippen MR) is 126 cm³/mol. The lowest BCUT2D eigenvalue weighted by Gasteiger charge is -2.21. The normalized spacial score (nSPS) is 15.7. The van der Waals surface area contributed by atoms with E-state index in [1.54, 1.807) is 19.5 Å². The van der Waals surface area contributed by atoms with Crippen LogP contribution in [0.25, 0.3) is 11.1 Å². The van der Waals surface area contributed by atoms with Crippen LogP contribution in [0.5, 0.6) is 5.75 Å². The molecule has 3 N–H and O–H groups in total. The van der Waals surface area contributed by atoms with E-state index in [9.17, 15) is 4.79 Å². The van der Waals surface area contributed by atoms with Crippen LogP contribution in [0.2, 0.25) is 0 Å². The molecule has 0 bridgehead atoms. The molecule has 1 aliphatic rings. The number of amides is 1. The van der Waals surface area contributed by atoms with Crippen LogP contribution >= 0.6 is 0 Å². The van der Waals surface area contributed by atoms with Gasteiger partial charge in [-0.1, -0.05) is 24.3 Å². The van der Waals surface area contributed by atoms with E-state index in [2.05, 4.69) is 38.1 Å². The molecule has 1 amide bonds. The van der Waals surface area contributed by atoms with E-state index >= 15 is 0 Å². The molecule has 1 aromatic heterocycles. The summed E-state index contributed by atoms with van der Waals surface area (Å²) >= 11 is 0. The molecular formula is C25H29N5O2. The Kier molecular flexibility index (Phi) is 7.30. The second kappa shape index (κ2) is 10.7. The summed E-state index contributed by atoms with van der Waals surface area (Å²) in [6, 6.07) is 15.9. The van der Waals surface area contributed by atoms with Gasteiger partial charge in [0.05, 0.1) is 13.0 Å². The van der Waals surface area contributed by atoms with Crippen molar-refractivity contribution < 1.29 is 9.53 Å². The molecule has 7 nitrogen and oxygen atoms in total. The second-order valence-corrected chi connectivity index (χ2v) is 7.93. The molecule has 1 fully saturated rings. The van der Waals surface area contributed by atoms with Crippen molar-refractivity contribution >= 4 is 17.5 Å². The van der Waals surface area contributed by atoms with Crippen molar-refractivity contribution in [3.8, 4) is 16.9 Å². The van der Waals surface area contributed by atoms with Gasteiger partial charge in [0, 0.05) is 36.7 Å². The van der Waals surface area contributed by atoms with Gasteiger partial charge in [-0.25, -0.2) is 9.97 Å². The fourth-order valence-electron chi connectivity index (χ4n) is 3.76. The standard InChI is InChI=1S/C25H29N5O2/c1-32-23-10-6-19(7-11-23)21-16-28-25(29-17-21)30-22-8-4-18(5-9-22)12-14-27-24(31)20-3-2-13-26-15-20/h4-11,16-17,20,26H,2-3,12-15H2,1H3,(H,27,31)(H,28,29,30). The van der Waals surface area contributed by atoms with Crippen LogP contribution in [-0.4, -0.2) is 42.6 Å². The minimum atomic E-state index is 0.103. The third kappa shape index (κ3) is 5.82. The van der Waals surface area contributed by atoms with Crippen molar-refractivity contribution in [2.45, 2.75) is 19.3 Å². The first kappa shape index (κ1) is 21.8. The minimum absolute atomic E-state index is 0.103. The summed E-state index contributed by atoms with van der Waals surface area (Å²) in [5.41, 5.74) is 4.07. The summed E-state index contributed by atoms with van der Waals surface area (Å²) in [7, 11) is 1.65. The van der Waals surface area contributed by atoms with Crippen molar-refractivity contribution in [3.05, 3.63) is 66.5 Å². The third-order valence-corrected chi connectivity index (χ3v) is 5.67. The Bertz CT molecular complexity index is 998. The van der Waals surface area contributed by atoms with Gasteiger partial charge in [0.1, 0.15) is 5.75 Å². The van der Waals surface area contributed by atoms with Gasteiger partial charge < -0.3 is 20.7 Å². The first-order valence-electron chi connectivity index (χ1n) is 11.0. The Morgan fingerprint density at radius 1 is 1.06 bits per heavy atom. The molecule has 0 spiro atoms. The van der Waals surface area contributed by atoms with Gasteiger partial charge in [0.25, 0.3) is 0 Å². The Labute approximate surface area is 188 Å². The molecule has 0 radical (unpaired) electrons. The number of hydrogen-bond acceptors (Lipinski definition) is 6. The molecule has 2 heterocycles. The van der Waals surface area contributed by atoms with Gasteiger partial charge in [-0.2, -0.15) is 0 Å². The van der Waals surface area contributed by atoms with E-state index in [1.807, 2.05) is 36.4 Å². The average Bonchev–Trinajstić information content (AvgIpc) is 2.86. The predicted octanol–water partition coefficient (Wildman–Crippen LogP) is 3.55. The fraction of sp³-hybridized carbons (Fsp3) is 0.320. The molecule has 1 atom stereocenters. The van der Waals surface area contributed by atoms with Crippen LogP contribution in [0.4, 0.5) is 11.6 Å². The molecule has 7 heteroatoms. The first-order chi connectivity index (χ1) is 15.7. The van der Waals surface area contributed by atoms with Crippen molar-refractivity contribution in [3.63, 3.8) is 0 Å². The topological polar surface area (TPSA) is 88.2 Å². The first-order valence-corrected chi connectivity index (χ1v) is 11.0. The fourth-order valence-corrected chi connectivity index (χ4v) is 3.76. The monoisotopic (exact) mass is 431 g/mol. The summed E-state index contributed by atoms with van der Waals surface area (Å²) in [5, 5.41) is 9.57. The van der Waals surface area contributed by atoms with Crippen molar-refractivity contribution in [1.29, 1.82) is 0 Å². The van der Waals surface area contributed by atoms with E-state index in [4.69, 9.17) is 4.74 Å². The molecule has 0 saturated carbocycles. The summed E-state index contributed by atoms with van der Waals surface area (Å²) in [6.45, 7) is 2.45.